The number of benzene rings is 2. The van der Waals surface area contributed by atoms with Crippen molar-refractivity contribution in [3.05, 3.63) is 66.2 Å². The summed E-state index contributed by atoms with van der Waals surface area (Å²) in [4.78, 5) is 36.2. The van der Waals surface area contributed by atoms with Gasteiger partial charge in [0.15, 0.2) is 9.84 Å². The second-order valence-electron chi connectivity index (χ2n) is 6.83. The van der Waals surface area contributed by atoms with Gasteiger partial charge >= 0.3 is 0 Å². The van der Waals surface area contributed by atoms with E-state index in [1.807, 2.05) is 6.07 Å². The SMILES string of the molecule is CC(=O)N[C@@H](Cc1ccccc1)C(=O)N[C@H](CCS(=O)(=O)c1ccccc1)C(N)=O. The van der Waals surface area contributed by atoms with Crippen molar-refractivity contribution in [3.8, 4) is 0 Å². The molecule has 0 heterocycles. The average Bonchev–Trinajstić information content (AvgIpc) is 2.71. The molecule has 0 aliphatic heterocycles. The lowest BCUT2D eigenvalue weighted by Gasteiger charge is -2.21. The van der Waals surface area contributed by atoms with Gasteiger partial charge in [-0.05, 0) is 24.1 Å². The summed E-state index contributed by atoms with van der Waals surface area (Å²) in [5, 5.41) is 5.02. The highest BCUT2D eigenvalue weighted by Gasteiger charge is 2.27. The van der Waals surface area contributed by atoms with Crippen molar-refractivity contribution in [3.63, 3.8) is 0 Å². The Kier molecular flexibility index (Phi) is 8.11. The van der Waals surface area contributed by atoms with Gasteiger partial charge in [-0.3, -0.25) is 14.4 Å². The zero-order chi connectivity index (χ0) is 22.1. The van der Waals surface area contributed by atoms with Crippen molar-refractivity contribution in [2.24, 2.45) is 5.73 Å². The molecule has 160 valence electrons. The Morgan fingerprint density at radius 1 is 0.900 bits per heavy atom. The standard InChI is InChI=1S/C21H25N3O5S/c1-15(25)23-19(14-16-8-4-2-5-9-16)21(27)24-18(20(22)26)12-13-30(28,29)17-10-6-3-7-11-17/h2-11,18-19H,12-14H2,1H3,(H2,22,26)(H,23,25)(H,24,27)/t18-,19+/m1/s1. The predicted octanol–water partition coefficient (Wildman–Crippen LogP) is 0.568. The van der Waals surface area contributed by atoms with Crippen LogP contribution in [0, 0.1) is 0 Å². The van der Waals surface area contributed by atoms with Crippen LogP contribution in [0.4, 0.5) is 0 Å². The van der Waals surface area contributed by atoms with Gasteiger partial charge in [-0.1, -0.05) is 48.5 Å². The maximum atomic E-state index is 12.7. The summed E-state index contributed by atoms with van der Waals surface area (Å²) in [7, 11) is -3.64. The van der Waals surface area contributed by atoms with E-state index in [1.54, 1.807) is 42.5 Å². The van der Waals surface area contributed by atoms with Gasteiger partial charge in [0.1, 0.15) is 12.1 Å². The summed E-state index contributed by atoms with van der Waals surface area (Å²) in [6, 6.07) is 14.7. The van der Waals surface area contributed by atoms with E-state index in [2.05, 4.69) is 10.6 Å². The van der Waals surface area contributed by atoms with E-state index in [-0.39, 0.29) is 23.5 Å². The van der Waals surface area contributed by atoms with Gasteiger partial charge in [-0.25, -0.2) is 8.42 Å². The van der Waals surface area contributed by atoms with Crippen LogP contribution in [0.15, 0.2) is 65.6 Å². The summed E-state index contributed by atoms with van der Waals surface area (Å²) in [5.41, 5.74) is 6.18. The van der Waals surface area contributed by atoms with Gasteiger partial charge in [-0.15, -0.1) is 0 Å². The van der Waals surface area contributed by atoms with Crippen LogP contribution in [0.3, 0.4) is 0 Å². The number of rotatable bonds is 10. The Balaban J connectivity index is 2.08. The number of nitrogens with two attached hydrogens (primary N) is 1. The molecule has 2 aromatic rings. The lowest BCUT2D eigenvalue weighted by atomic mass is 10.0. The van der Waals surface area contributed by atoms with Gasteiger partial charge in [-0.2, -0.15) is 0 Å². The minimum Gasteiger partial charge on any atom is -0.368 e. The van der Waals surface area contributed by atoms with Gasteiger partial charge in [0.2, 0.25) is 17.7 Å². The lowest BCUT2D eigenvalue weighted by molar-refractivity contribution is -0.130. The molecule has 8 nitrogen and oxygen atoms in total. The third-order valence-electron chi connectivity index (χ3n) is 4.41. The third kappa shape index (κ3) is 7.00. The minimum absolute atomic E-state index is 0.125. The molecule has 0 fully saturated rings. The highest BCUT2D eigenvalue weighted by Crippen LogP contribution is 2.12. The molecule has 0 spiro atoms. The number of hydrogen-bond acceptors (Lipinski definition) is 5. The molecule has 0 aliphatic carbocycles. The molecule has 3 amide bonds. The maximum absolute atomic E-state index is 12.7. The van der Waals surface area contributed by atoms with E-state index >= 15 is 0 Å². The maximum Gasteiger partial charge on any atom is 0.243 e. The molecule has 0 bridgehead atoms. The molecule has 0 saturated carbocycles. The highest BCUT2D eigenvalue weighted by atomic mass is 32.2. The number of nitrogens with one attached hydrogen (secondary N) is 2. The summed E-state index contributed by atoms with van der Waals surface area (Å²) >= 11 is 0. The zero-order valence-electron chi connectivity index (χ0n) is 16.6. The van der Waals surface area contributed by atoms with E-state index < -0.39 is 39.6 Å². The summed E-state index contributed by atoms with van der Waals surface area (Å²) in [5.74, 6) is -2.25. The van der Waals surface area contributed by atoms with Crippen LogP contribution in [-0.4, -0.2) is 44.0 Å². The molecular formula is C21H25N3O5S. The van der Waals surface area contributed by atoms with Crippen LogP contribution >= 0.6 is 0 Å². The summed E-state index contributed by atoms with van der Waals surface area (Å²) in [6.45, 7) is 1.28. The Bertz CT molecular complexity index is 978. The second kappa shape index (κ2) is 10.5. The first kappa shape index (κ1) is 23.1. The third-order valence-corrected chi connectivity index (χ3v) is 6.18. The van der Waals surface area contributed by atoms with Crippen molar-refractivity contribution in [1.82, 2.24) is 10.6 Å². The monoisotopic (exact) mass is 431 g/mol. The number of hydrogen-bond donors (Lipinski definition) is 3. The highest BCUT2D eigenvalue weighted by molar-refractivity contribution is 7.91. The molecule has 0 saturated heterocycles. The Hall–Kier alpha value is -3.20. The van der Waals surface area contributed by atoms with Gasteiger partial charge in [0.05, 0.1) is 10.6 Å². The molecule has 30 heavy (non-hydrogen) atoms. The fourth-order valence-electron chi connectivity index (χ4n) is 2.88. The van der Waals surface area contributed by atoms with E-state index in [9.17, 15) is 22.8 Å². The molecule has 2 atom stereocenters. The van der Waals surface area contributed by atoms with Crippen LogP contribution in [0.2, 0.25) is 0 Å². The fourth-order valence-corrected chi connectivity index (χ4v) is 4.23. The molecule has 2 rings (SSSR count). The Morgan fingerprint density at radius 3 is 2.00 bits per heavy atom. The molecule has 2 aromatic carbocycles. The van der Waals surface area contributed by atoms with Crippen LogP contribution in [0.25, 0.3) is 0 Å². The predicted molar refractivity (Wildman–Crippen MR) is 112 cm³/mol. The Labute approximate surface area is 175 Å². The average molecular weight is 432 g/mol. The first-order valence-corrected chi connectivity index (χ1v) is 11.0. The van der Waals surface area contributed by atoms with Gasteiger partial charge in [0, 0.05) is 13.3 Å². The molecule has 0 aliphatic rings. The Morgan fingerprint density at radius 2 is 1.47 bits per heavy atom. The van der Waals surface area contributed by atoms with Crippen LogP contribution < -0.4 is 16.4 Å². The topological polar surface area (TPSA) is 135 Å². The fraction of sp³-hybridized carbons (Fsp3) is 0.286. The smallest absolute Gasteiger partial charge is 0.243 e. The number of primary amides is 1. The van der Waals surface area contributed by atoms with E-state index in [0.717, 1.165) is 5.56 Å². The second-order valence-corrected chi connectivity index (χ2v) is 8.94. The van der Waals surface area contributed by atoms with Crippen LogP contribution in [-0.2, 0) is 30.6 Å². The van der Waals surface area contributed by atoms with Crippen LogP contribution in [0.5, 0.6) is 0 Å². The zero-order valence-corrected chi connectivity index (χ0v) is 17.4. The van der Waals surface area contributed by atoms with Crippen molar-refractivity contribution in [2.45, 2.75) is 36.7 Å². The van der Waals surface area contributed by atoms with E-state index in [0.29, 0.717) is 0 Å². The van der Waals surface area contributed by atoms with Crippen molar-refractivity contribution in [1.29, 1.82) is 0 Å². The first-order valence-electron chi connectivity index (χ1n) is 9.37. The first-order chi connectivity index (χ1) is 14.2. The lowest BCUT2D eigenvalue weighted by Crippen LogP contribution is -2.53. The molecule has 4 N–H and O–H groups in total. The van der Waals surface area contributed by atoms with Crippen molar-refractivity contribution >= 4 is 27.6 Å². The van der Waals surface area contributed by atoms with Gasteiger partial charge in [0.25, 0.3) is 0 Å². The number of carbonyl (C=O) groups excluding carboxylic acids is 3. The largest absolute Gasteiger partial charge is 0.368 e. The molecule has 0 radical (unpaired) electrons. The quantitative estimate of drug-likeness (QED) is 0.505. The van der Waals surface area contributed by atoms with Crippen LogP contribution in [0.1, 0.15) is 18.9 Å². The molecule has 0 aromatic heterocycles. The number of carbonyl (C=O) groups is 3. The normalized spacial score (nSPS) is 13.1. The summed E-state index contributed by atoms with van der Waals surface area (Å²) in [6.07, 6.45) is 0.0243. The molecule has 9 heteroatoms. The summed E-state index contributed by atoms with van der Waals surface area (Å²) < 4.78 is 24.9. The van der Waals surface area contributed by atoms with Crippen molar-refractivity contribution < 1.29 is 22.8 Å². The van der Waals surface area contributed by atoms with E-state index in [1.165, 1.54) is 19.1 Å². The minimum atomic E-state index is -3.64. The molecular weight excluding hydrogens is 406 g/mol. The molecule has 0 unspecified atom stereocenters. The van der Waals surface area contributed by atoms with E-state index in [4.69, 9.17) is 5.73 Å². The number of amides is 3. The number of sulfone groups is 1. The van der Waals surface area contributed by atoms with Crippen molar-refractivity contribution in [2.75, 3.05) is 5.75 Å². The van der Waals surface area contributed by atoms with Gasteiger partial charge < -0.3 is 16.4 Å².